The van der Waals surface area contributed by atoms with Gasteiger partial charge in [-0.25, -0.2) is 0 Å². The maximum atomic E-state index is 5.92. The van der Waals surface area contributed by atoms with Crippen LogP contribution in [0.5, 0.6) is 0 Å². The van der Waals surface area contributed by atoms with Gasteiger partial charge in [-0.15, -0.1) is 0 Å². The molecule has 0 amide bonds. The number of fused-ring (bicyclic) bond motifs is 1. The fourth-order valence-corrected chi connectivity index (χ4v) is 2.92. The molecule has 3 aromatic rings. The van der Waals surface area contributed by atoms with Crippen LogP contribution in [0.4, 0.5) is 5.69 Å². The molecule has 1 aliphatic rings. The quantitative estimate of drug-likeness (QED) is 0.726. The Bertz CT molecular complexity index is 755. The number of anilines is 1. The first-order valence-electron chi connectivity index (χ1n) is 7.68. The Morgan fingerprint density at radius 3 is 2.64 bits per heavy atom. The number of furan rings is 1. The van der Waals surface area contributed by atoms with Crippen molar-refractivity contribution in [2.24, 2.45) is 0 Å². The number of hydrogen-bond acceptors (Lipinski definition) is 4. The van der Waals surface area contributed by atoms with Crippen molar-refractivity contribution in [2.45, 2.75) is 0 Å². The second-order valence-corrected chi connectivity index (χ2v) is 5.84. The molecule has 0 saturated carbocycles. The Hall–Kier alpha value is -2.33. The molecule has 1 aromatic carbocycles. The summed E-state index contributed by atoms with van der Waals surface area (Å²) >= 11 is 0. The average Bonchev–Trinajstić information content (AvgIpc) is 3.00. The highest BCUT2D eigenvalue weighted by atomic mass is 16.3. The molecule has 1 aliphatic heterocycles. The minimum Gasteiger partial charge on any atom is -0.454 e. The highest BCUT2D eigenvalue weighted by Crippen LogP contribution is 2.28. The smallest absolute Gasteiger partial charge is 0.153 e. The van der Waals surface area contributed by atoms with Gasteiger partial charge in [-0.05, 0) is 31.3 Å². The van der Waals surface area contributed by atoms with Gasteiger partial charge in [0.05, 0.1) is 0 Å². The number of pyridine rings is 1. The van der Waals surface area contributed by atoms with Gasteiger partial charge in [0.2, 0.25) is 0 Å². The molecular weight excluding hydrogens is 274 g/mol. The highest BCUT2D eigenvalue weighted by molar-refractivity contribution is 5.82. The molecule has 22 heavy (non-hydrogen) atoms. The Kier molecular flexibility index (Phi) is 3.31. The number of piperazine rings is 1. The van der Waals surface area contributed by atoms with Crippen molar-refractivity contribution >= 4 is 16.7 Å². The van der Waals surface area contributed by atoms with E-state index in [9.17, 15) is 0 Å². The van der Waals surface area contributed by atoms with Crippen molar-refractivity contribution in [3.05, 3.63) is 48.7 Å². The van der Waals surface area contributed by atoms with Crippen LogP contribution in [0, 0.1) is 0 Å². The molecule has 4 heteroatoms. The molecule has 1 fully saturated rings. The molecule has 0 spiro atoms. The Morgan fingerprint density at radius 2 is 1.82 bits per heavy atom. The summed E-state index contributed by atoms with van der Waals surface area (Å²) in [7, 11) is 2.17. The van der Waals surface area contributed by atoms with Gasteiger partial charge >= 0.3 is 0 Å². The average molecular weight is 293 g/mol. The van der Waals surface area contributed by atoms with Gasteiger partial charge in [0.15, 0.2) is 5.76 Å². The maximum absolute atomic E-state index is 5.92. The third-order valence-corrected chi connectivity index (χ3v) is 4.29. The lowest BCUT2D eigenvalue weighted by molar-refractivity contribution is 0.313. The predicted octanol–water partition coefficient (Wildman–Crippen LogP) is 3.25. The van der Waals surface area contributed by atoms with Gasteiger partial charge in [0.25, 0.3) is 0 Å². The highest BCUT2D eigenvalue weighted by Gasteiger charge is 2.15. The molecule has 0 atom stereocenters. The summed E-state index contributed by atoms with van der Waals surface area (Å²) in [5.74, 6) is 0.831. The lowest BCUT2D eigenvalue weighted by Gasteiger charge is -2.34. The molecular formula is C18H19N3O. The molecule has 0 bridgehead atoms. The second kappa shape index (κ2) is 5.46. The molecule has 0 aliphatic carbocycles. The van der Waals surface area contributed by atoms with Crippen LogP contribution in [-0.4, -0.2) is 43.1 Å². The standard InChI is InChI=1S/C18H19N3O/c1-20-8-10-21(11-9-20)15-6-7-19-16(13-15)18-12-14-4-2-3-5-17(14)22-18/h2-7,12-13H,8-11H2,1H3. The first-order chi connectivity index (χ1) is 10.8. The van der Waals surface area contributed by atoms with Crippen LogP contribution in [0.15, 0.2) is 53.1 Å². The summed E-state index contributed by atoms with van der Waals surface area (Å²) in [6.07, 6.45) is 1.87. The normalized spacial score (nSPS) is 16.3. The maximum Gasteiger partial charge on any atom is 0.153 e. The van der Waals surface area contributed by atoms with Crippen molar-refractivity contribution in [1.82, 2.24) is 9.88 Å². The zero-order valence-electron chi connectivity index (χ0n) is 12.7. The number of para-hydroxylation sites is 1. The molecule has 112 valence electrons. The summed E-state index contributed by atoms with van der Waals surface area (Å²) in [6.45, 7) is 4.31. The van der Waals surface area contributed by atoms with Crippen LogP contribution >= 0.6 is 0 Å². The van der Waals surface area contributed by atoms with Crippen LogP contribution in [0.1, 0.15) is 0 Å². The van der Waals surface area contributed by atoms with Crippen molar-refractivity contribution in [1.29, 1.82) is 0 Å². The van der Waals surface area contributed by atoms with E-state index in [1.54, 1.807) is 0 Å². The van der Waals surface area contributed by atoms with Gasteiger partial charge < -0.3 is 14.2 Å². The third-order valence-electron chi connectivity index (χ3n) is 4.29. The third kappa shape index (κ3) is 2.46. The van der Waals surface area contributed by atoms with E-state index >= 15 is 0 Å². The van der Waals surface area contributed by atoms with E-state index in [0.29, 0.717) is 0 Å². The molecule has 0 N–H and O–H groups in total. The Morgan fingerprint density at radius 1 is 1.00 bits per heavy atom. The summed E-state index contributed by atoms with van der Waals surface area (Å²) in [4.78, 5) is 9.25. The lowest BCUT2D eigenvalue weighted by Crippen LogP contribution is -2.44. The molecule has 0 radical (unpaired) electrons. The van der Waals surface area contributed by atoms with Crippen molar-refractivity contribution < 1.29 is 4.42 Å². The Labute approximate surface area is 130 Å². The summed E-state index contributed by atoms with van der Waals surface area (Å²) < 4.78 is 5.92. The molecule has 0 unspecified atom stereocenters. The van der Waals surface area contributed by atoms with E-state index < -0.39 is 0 Å². The zero-order valence-corrected chi connectivity index (χ0v) is 12.7. The fourth-order valence-electron chi connectivity index (χ4n) is 2.92. The van der Waals surface area contributed by atoms with Gasteiger partial charge in [-0.3, -0.25) is 4.98 Å². The van der Waals surface area contributed by atoms with E-state index in [4.69, 9.17) is 4.42 Å². The second-order valence-electron chi connectivity index (χ2n) is 5.84. The van der Waals surface area contributed by atoms with E-state index in [2.05, 4.69) is 46.1 Å². The van der Waals surface area contributed by atoms with Crippen molar-refractivity contribution in [3.8, 4) is 11.5 Å². The van der Waals surface area contributed by atoms with E-state index in [-0.39, 0.29) is 0 Å². The molecule has 2 aromatic heterocycles. The monoisotopic (exact) mass is 293 g/mol. The number of rotatable bonds is 2. The summed E-state index contributed by atoms with van der Waals surface area (Å²) in [5, 5.41) is 1.12. The fraction of sp³-hybridized carbons (Fsp3) is 0.278. The summed E-state index contributed by atoms with van der Waals surface area (Å²) in [6, 6.07) is 14.3. The van der Waals surface area contributed by atoms with Gasteiger partial charge in [0, 0.05) is 43.4 Å². The van der Waals surface area contributed by atoms with E-state index in [1.165, 1.54) is 5.69 Å². The minimum atomic E-state index is 0.831. The van der Waals surface area contributed by atoms with Crippen LogP contribution in [0.3, 0.4) is 0 Å². The lowest BCUT2D eigenvalue weighted by atomic mass is 10.2. The van der Waals surface area contributed by atoms with E-state index in [1.807, 2.05) is 24.4 Å². The molecule has 3 heterocycles. The number of aromatic nitrogens is 1. The topological polar surface area (TPSA) is 32.5 Å². The number of benzene rings is 1. The van der Waals surface area contributed by atoms with Gasteiger partial charge in [-0.2, -0.15) is 0 Å². The molecule has 1 saturated heterocycles. The SMILES string of the molecule is CN1CCN(c2ccnc(-c3cc4ccccc4o3)c2)CC1. The van der Waals surface area contributed by atoms with Crippen LogP contribution in [0.25, 0.3) is 22.4 Å². The molecule has 4 rings (SSSR count). The van der Waals surface area contributed by atoms with Crippen molar-refractivity contribution in [2.75, 3.05) is 38.1 Å². The zero-order chi connectivity index (χ0) is 14.9. The largest absolute Gasteiger partial charge is 0.454 e. The first kappa shape index (κ1) is 13.3. The van der Waals surface area contributed by atoms with Crippen molar-refractivity contribution in [3.63, 3.8) is 0 Å². The predicted molar refractivity (Wildman–Crippen MR) is 89.2 cm³/mol. The first-order valence-corrected chi connectivity index (χ1v) is 7.68. The summed E-state index contributed by atoms with van der Waals surface area (Å²) in [5.41, 5.74) is 3.02. The molecule has 4 nitrogen and oxygen atoms in total. The van der Waals surface area contributed by atoms with Crippen LogP contribution < -0.4 is 4.90 Å². The number of nitrogens with zero attached hydrogens (tertiary/aromatic N) is 3. The van der Waals surface area contributed by atoms with Crippen LogP contribution in [-0.2, 0) is 0 Å². The minimum absolute atomic E-state index is 0.831. The van der Waals surface area contributed by atoms with E-state index in [0.717, 1.165) is 48.6 Å². The number of likely N-dealkylation sites (N-methyl/N-ethyl adjacent to an activating group) is 1. The van der Waals surface area contributed by atoms with Crippen LogP contribution in [0.2, 0.25) is 0 Å². The number of hydrogen-bond donors (Lipinski definition) is 0. The Balaban J connectivity index is 1.66. The van der Waals surface area contributed by atoms with Gasteiger partial charge in [-0.1, -0.05) is 18.2 Å². The van der Waals surface area contributed by atoms with Gasteiger partial charge in [0.1, 0.15) is 11.3 Å².